The van der Waals surface area contributed by atoms with Gasteiger partial charge >= 0.3 is 0 Å². The highest BCUT2D eigenvalue weighted by Crippen LogP contribution is 2.30. The van der Waals surface area contributed by atoms with Gasteiger partial charge < -0.3 is 4.90 Å². The molecule has 1 aliphatic rings. The Morgan fingerprint density at radius 3 is 2.38 bits per heavy atom. The van der Waals surface area contributed by atoms with Gasteiger partial charge in [0.15, 0.2) is 0 Å². The third-order valence-electron chi connectivity index (χ3n) is 5.23. The van der Waals surface area contributed by atoms with Gasteiger partial charge in [-0.15, -0.1) is 0 Å². The van der Waals surface area contributed by atoms with Crippen LogP contribution >= 0.6 is 0 Å². The van der Waals surface area contributed by atoms with Gasteiger partial charge in [-0.3, -0.25) is 24.6 Å². The predicted octanol–water partition coefficient (Wildman–Crippen LogP) is 4.53. The second kappa shape index (κ2) is 9.78. The molecule has 1 aliphatic heterocycles. The van der Waals surface area contributed by atoms with E-state index < -0.39 is 11.1 Å². The van der Waals surface area contributed by atoms with Crippen LogP contribution in [0.5, 0.6) is 0 Å². The Hall–Kier alpha value is -4.13. The minimum atomic E-state index is -0.516. The molecule has 0 saturated carbocycles. The van der Waals surface area contributed by atoms with E-state index in [4.69, 9.17) is 5.26 Å². The minimum Gasteiger partial charge on any atom is -0.350 e. The number of hydrogen-bond acceptors (Lipinski definition) is 8. The Balaban J connectivity index is 1.83. The molecule has 32 heavy (non-hydrogen) atoms. The molecule has 1 atom stereocenters. The summed E-state index contributed by atoms with van der Waals surface area (Å²) in [6.45, 7) is 3.99. The summed E-state index contributed by atoms with van der Waals surface area (Å²) in [6.07, 6.45) is 0.131. The number of anilines is 1. The SMILES string of the molecule is Cc1cc(N(CCC#N)C(C)N2C(=O)CCC2=O)ccc1N=Nc1ccc([N+](=O)[O-])cc1. The number of imide groups is 1. The highest BCUT2D eigenvalue weighted by molar-refractivity contribution is 6.02. The summed E-state index contributed by atoms with van der Waals surface area (Å²) >= 11 is 0. The molecular formula is C22H22N6O4. The lowest BCUT2D eigenvalue weighted by atomic mass is 10.1. The summed E-state index contributed by atoms with van der Waals surface area (Å²) in [4.78, 5) is 37.7. The Labute approximate surface area is 184 Å². The van der Waals surface area contributed by atoms with E-state index in [1.165, 1.54) is 29.2 Å². The van der Waals surface area contributed by atoms with Crippen molar-refractivity contribution in [3.8, 4) is 6.07 Å². The van der Waals surface area contributed by atoms with Crippen LogP contribution in [0.15, 0.2) is 52.7 Å². The molecule has 1 fully saturated rings. The summed E-state index contributed by atoms with van der Waals surface area (Å²) in [5.74, 6) is -0.426. The van der Waals surface area contributed by atoms with Crippen molar-refractivity contribution in [3.05, 3.63) is 58.1 Å². The minimum absolute atomic E-state index is 0.0222. The predicted molar refractivity (Wildman–Crippen MR) is 117 cm³/mol. The lowest BCUT2D eigenvalue weighted by molar-refractivity contribution is -0.384. The number of nitrogens with zero attached hydrogens (tertiary/aromatic N) is 6. The van der Waals surface area contributed by atoms with Crippen molar-refractivity contribution >= 4 is 34.6 Å². The topological polar surface area (TPSA) is 132 Å². The second-order valence-electron chi connectivity index (χ2n) is 7.34. The first kappa shape index (κ1) is 22.6. The summed E-state index contributed by atoms with van der Waals surface area (Å²) in [6, 6.07) is 13.3. The maximum Gasteiger partial charge on any atom is 0.269 e. The monoisotopic (exact) mass is 434 g/mol. The molecule has 1 saturated heterocycles. The first-order valence-corrected chi connectivity index (χ1v) is 10.1. The number of likely N-dealkylation sites (tertiary alicyclic amines) is 1. The van der Waals surface area contributed by atoms with Crippen LogP contribution in [0.4, 0.5) is 22.7 Å². The number of amides is 2. The van der Waals surface area contributed by atoms with Crippen LogP contribution in [-0.2, 0) is 9.59 Å². The van der Waals surface area contributed by atoms with Crippen LogP contribution in [0.25, 0.3) is 0 Å². The van der Waals surface area contributed by atoms with Gasteiger partial charge in [0.2, 0.25) is 11.8 Å². The number of hydrogen-bond donors (Lipinski definition) is 0. The molecular weight excluding hydrogens is 412 g/mol. The molecule has 10 nitrogen and oxygen atoms in total. The zero-order valence-corrected chi connectivity index (χ0v) is 17.8. The molecule has 2 aromatic carbocycles. The van der Waals surface area contributed by atoms with Crippen molar-refractivity contribution in [2.45, 2.75) is 39.3 Å². The number of aryl methyl sites for hydroxylation is 1. The lowest BCUT2D eigenvalue weighted by Gasteiger charge is -2.35. The largest absolute Gasteiger partial charge is 0.350 e. The Bertz CT molecular complexity index is 1090. The number of carbonyl (C=O) groups is 2. The molecule has 0 spiro atoms. The average molecular weight is 434 g/mol. The smallest absolute Gasteiger partial charge is 0.269 e. The molecule has 1 unspecified atom stereocenters. The third-order valence-corrected chi connectivity index (χ3v) is 5.23. The van der Waals surface area contributed by atoms with E-state index in [1.807, 2.05) is 17.9 Å². The van der Waals surface area contributed by atoms with E-state index in [2.05, 4.69) is 16.3 Å². The van der Waals surface area contributed by atoms with Gasteiger partial charge in [-0.2, -0.15) is 15.5 Å². The van der Waals surface area contributed by atoms with E-state index in [-0.39, 0.29) is 36.8 Å². The number of nitro groups is 1. The van der Waals surface area contributed by atoms with E-state index >= 15 is 0 Å². The van der Waals surface area contributed by atoms with Crippen molar-refractivity contribution in [2.24, 2.45) is 10.2 Å². The molecule has 0 aromatic heterocycles. The molecule has 3 rings (SSSR count). The average Bonchev–Trinajstić information content (AvgIpc) is 3.11. The van der Waals surface area contributed by atoms with Crippen molar-refractivity contribution in [2.75, 3.05) is 11.4 Å². The van der Waals surface area contributed by atoms with E-state index in [1.54, 1.807) is 19.1 Å². The number of rotatable bonds is 8. The maximum absolute atomic E-state index is 12.2. The molecule has 0 radical (unpaired) electrons. The fourth-order valence-electron chi connectivity index (χ4n) is 3.54. The maximum atomic E-state index is 12.2. The van der Waals surface area contributed by atoms with Crippen LogP contribution < -0.4 is 4.90 Å². The zero-order chi connectivity index (χ0) is 23.3. The second-order valence-corrected chi connectivity index (χ2v) is 7.34. The highest BCUT2D eigenvalue weighted by Gasteiger charge is 2.35. The van der Waals surface area contributed by atoms with E-state index in [9.17, 15) is 19.7 Å². The van der Waals surface area contributed by atoms with Crippen molar-refractivity contribution in [3.63, 3.8) is 0 Å². The Kier molecular flexibility index (Phi) is 6.90. The Morgan fingerprint density at radius 2 is 1.81 bits per heavy atom. The molecule has 10 heteroatoms. The summed E-state index contributed by atoms with van der Waals surface area (Å²) < 4.78 is 0. The number of nitriles is 1. The van der Waals surface area contributed by atoms with Crippen molar-refractivity contribution < 1.29 is 14.5 Å². The number of benzene rings is 2. The van der Waals surface area contributed by atoms with Crippen LogP contribution in [0.1, 0.15) is 31.7 Å². The molecule has 2 amide bonds. The summed E-state index contributed by atoms with van der Waals surface area (Å²) in [7, 11) is 0. The first-order chi connectivity index (χ1) is 15.3. The number of carbonyl (C=O) groups excluding carboxylic acids is 2. The van der Waals surface area contributed by atoms with E-state index in [0.29, 0.717) is 17.9 Å². The fraction of sp³-hybridized carbons (Fsp3) is 0.318. The highest BCUT2D eigenvalue weighted by atomic mass is 16.6. The van der Waals surface area contributed by atoms with E-state index in [0.717, 1.165) is 11.3 Å². The van der Waals surface area contributed by atoms with Gasteiger partial charge in [0.25, 0.3) is 5.69 Å². The molecule has 0 N–H and O–H groups in total. The number of nitro benzene ring substituents is 1. The fourth-order valence-corrected chi connectivity index (χ4v) is 3.54. The van der Waals surface area contributed by atoms with Crippen LogP contribution in [0.2, 0.25) is 0 Å². The molecule has 2 aromatic rings. The van der Waals surface area contributed by atoms with Crippen molar-refractivity contribution in [1.82, 2.24) is 4.90 Å². The molecule has 0 bridgehead atoms. The van der Waals surface area contributed by atoms with Gasteiger partial charge in [-0.05, 0) is 49.7 Å². The van der Waals surface area contributed by atoms with Gasteiger partial charge in [-0.1, -0.05) is 0 Å². The van der Waals surface area contributed by atoms with Crippen LogP contribution in [-0.4, -0.2) is 34.3 Å². The standard InChI is InChI=1S/C22H22N6O4/c1-15-14-19(26(13-3-12-23)16(2)27-21(29)10-11-22(27)30)8-9-20(15)25-24-17-4-6-18(7-5-17)28(31)32/h4-9,14,16H,3,10-11,13H2,1-2H3. The van der Waals surface area contributed by atoms with Crippen LogP contribution in [0, 0.1) is 28.4 Å². The quantitative estimate of drug-likeness (QED) is 0.259. The first-order valence-electron chi connectivity index (χ1n) is 10.1. The Morgan fingerprint density at radius 1 is 1.16 bits per heavy atom. The van der Waals surface area contributed by atoms with Gasteiger partial charge in [0, 0.05) is 37.2 Å². The zero-order valence-electron chi connectivity index (χ0n) is 17.8. The molecule has 164 valence electrons. The molecule has 1 heterocycles. The summed E-state index contributed by atoms with van der Waals surface area (Å²) in [5.41, 5.74) is 2.63. The van der Waals surface area contributed by atoms with Gasteiger partial charge in [-0.25, -0.2) is 0 Å². The normalized spacial score (nSPS) is 14.6. The number of non-ortho nitro benzene ring substituents is 1. The number of azo groups is 1. The van der Waals surface area contributed by atoms with Gasteiger partial charge in [0.05, 0.1) is 28.8 Å². The third kappa shape index (κ3) is 4.95. The lowest BCUT2D eigenvalue weighted by Crippen LogP contribution is -2.49. The van der Waals surface area contributed by atoms with Crippen molar-refractivity contribution in [1.29, 1.82) is 5.26 Å². The molecule has 0 aliphatic carbocycles. The van der Waals surface area contributed by atoms with Gasteiger partial charge in [0.1, 0.15) is 6.17 Å². The van der Waals surface area contributed by atoms with Crippen LogP contribution in [0.3, 0.4) is 0 Å². The summed E-state index contributed by atoms with van der Waals surface area (Å²) in [5, 5.41) is 28.1.